The van der Waals surface area contributed by atoms with E-state index in [9.17, 15) is 8.42 Å². The van der Waals surface area contributed by atoms with E-state index in [0.717, 1.165) is 24.8 Å². The van der Waals surface area contributed by atoms with Gasteiger partial charge in [-0.05, 0) is 24.5 Å². The maximum Gasteiger partial charge on any atom is 0.297 e. The van der Waals surface area contributed by atoms with Crippen LogP contribution in [0.1, 0.15) is 76.7 Å². The Hall–Kier alpha value is -0.910. The fourth-order valence-corrected chi connectivity index (χ4v) is 4.40. The summed E-state index contributed by atoms with van der Waals surface area (Å²) in [6.45, 7) is 3.11. The third-order valence-electron chi connectivity index (χ3n) is 5.04. The Morgan fingerprint density at radius 1 is 0.821 bits per heavy atom. The molecular formula is C23H42NO3S+. The number of quaternary nitrogens is 1. The lowest BCUT2D eigenvalue weighted by atomic mass is 10.0. The van der Waals surface area contributed by atoms with Gasteiger partial charge in [0.25, 0.3) is 10.1 Å². The molecule has 0 aromatic heterocycles. The molecule has 5 heteroatoms. The van der Waals surface area contributed by atoms with E-state index >= 15 is 0 Å². The second-order valence-corrected chi connectivity index (χ2v) is 10.4. The van der Waals surface area contributed by atoms with Crippen molar-refractivity contribution in [2.75, 3.05) is 34.3 Å². The van der Waals surface area contributed by atoms with Crippen LogP contribution in [0.4, 0.5) is 0 Å². The Balaban J connectivity index is 2.37. The lowest BCUT2D eigenvalue weighted by Gasteiger charge is -2.23. The molecular weight excluding hydrogens is 370 g/mol. The van der Waals surface area contributed by atoms with Crippen LogP contribution in [0.15, 0.2) is 29.2 Å². The van der Waals surface area contributed by atoms with Crippen LogP contribution in [-0.2, 0) is 20.7 Å². The number of benzene rings is 1. The third kappa shape index (κ3) is 11.2. The highest BCUT2D eigenvalue weighted by molar-refractivity contribution is 7.86. The van der Waals surface area contributed by atoms with Crippen molar-refractivity contribution in [1.82, 2.24) is 0 Å². The number of likely N-dealkylation sites (N-methyl/N-ethyl adjacent to an activating group) is 1. The van der Waals surface area contributed by atoms with Crippen LogP contribution in [0, 0.1) is 0 Å². The Bertz CT molecular complexity index is 635. The van der Waals surface area contributed by atoms with Gasteiger partial charge in [-0.1, -0.05) is 82.9 Å². The molecule has 0 unspecified atom stereocenters. The first-order valence-corrected chi connectivity index (χ1v) is 12.4. The quantitative estimate of drug-likeness (QED) is 0.203. The van der Waals surface area contributed by atoms with E-state index < -0.39 is 10.1 Å². The summed E-state index contributed by atoms with van der Waals surface area (Å²) in [5.74, 6) is 0. The zero-order valence-electron chi connectivity index (χ0n) is 18.6. The predicted octanol–water partition coefficient (Wildman–Crippen LogP) is 5.56. The molecule has 4 nitrogen and oxygen atoms in total. The van der Waals surface area contributed by atoms with Gasteiger partial charge >= 0.3 is 0 Å². The van der Waals surface area contributed by atoms with Gasteiger partial charge in [0.1, 0.15) is 13.2 Å². The van der Waals surface area contributed by atoms with Gasteiger partial charge in [-0.15, -0.1) is 0 Å². The van der Waals surface area contributed by atoms with Crippen molar-refractivity contribution in [2.45, 2.75) is 82.4 Å². The first kappa shape index (κ1) is 25.1. The van der Waals surface area contributed by atoms with Gasteiger partial charge in [-0.2, -0.15) is 8.42 Å². The normalized spacial score (nSPS) is 12.4. The molecule has 1 aromatic carbocycles. The van der Waals surface area contributed by atoms with Gasteiger partial charge in [-0.25, -0.2) is 0 Å². The molecule has 0 heterocycles. The molecule has 28 heavy (non-hydrogen) atoms. The molecule has 0 aliphatic carbocycles. The minimum Gasteiger partial charge on any atom is -0.329 e. The summed E-state index contributed by atoms with van der Waals surface area (Å²) in [6, 6.07) is 7.28. The topological polar surface area (TPSA) is 43.4 Å². The van der Waals surface area contributed by atoms with Gasteiger partial charge in [0, 0.05) is 0 Å². The summed E-state index contributed by atoms with van der Waals surface area (Å²) in [5, 5.41) is 0. The van der Waals surface area contributed by atoms with Gasteiger partial charge in [-0.3, -0.25) is 4.18 Å². The fourth-order valence-electron chi connectivity index (χ4n) is 3.24. The average Bonchev–Trinajstić information content (AvgIpc) is 2.62. The number of unbranched alkanes of at least 4 members (excludes halogenated alkanes) is 9. The minimum atomic E-state index is -3.69. The molecule has 0 saturated heterocycles. The van der Waals surface area contributed by atoms with E-state index in [1.54, 1.807) is 12.1 Å². The molecule has 0 saturated carbocycles. The fraction of sp³-hybridized carbons (Fsp3) is 0.739. The Labute approximate surface area is 174 Å². The SMILES string of the molecule is CCCCCCCCCCCCc1ccccc1S(=O)(=O)OCC[N+](C)(C)C. The first-order valence-electron chi connectivity index (χ1n) is 11.0. The summed E-state index contributed by atoms with van der Waals surface area (Å²) in [5.41, 5.74) is 0.882. The van der Waals surface area contributed by atoms with Gasteiger partial charge in [0.05, 0.1) is 26.0 Å². The molecule has 0 N–H and O–H groups in total. The van der Waals surface area contributed by atoms with Gasteiger partial charge in [0.15, 0.2) is 0 Å². The molecule has 0 fully saturated rings. The number of hydrogen-bond acceptors (Lipinski definition) is 3. The van der Waals surface area contributed by atoms with Crippen LogP contribution in [0.5, 0.6) is 0 Å². The highest BCUT2D eigenvalue weighted by Crippen LogP contribution is 2.21. The van der Waals surface area contributed by atoms with E-state index in [0.29, 0.717) is 15.9 Å². The molecule has 0 amide bonds. The van der Waals surface area contributed by atoms with Crippen LogP contribution in [-0.4, -0.2) is 47.2 Å². The second kappa shape index (κ2) is 13.3. The minimum absolute atomic E-state index is 0.207. The molecule has 1 aromatic rings. The van der Waals surface area contributed by atoms with E-state index in [4.69, 9.17) is 4.18 Å². The lowest BCUT2D eigenvalue weighted by molar-refractivity contribution is -0.870. The van der Waals surface area contributed by atoms with Crippen molar-refractivity contribution in [3.05, 3.63) is 29.8 Å². The lowest BCUT2D eigenvalue weighted by Crippen LogP contribution is -2.38. The third-order valence-corrected chi connectivity index (χ3v) is 6.46. The molecule has 0 aliphatic heterocycles. The van der Waals surface area contributed by atoms with E-state index in [-0.39, 0.29) is 6.61 Å². The molecule has 0 aliphatic rings. The zero-order chi connectivity index (χ0) is 20.9. The van der Waals surface area contributed by atoms with E-state index in [1.807, 2.05) is 33.3 Å². The highest BCUT2D eigenvalue weighted by Gasteiger charge is 2.20. The van der Waals surface area contributed by atoms with Crippen LogP contribution in [0.2, 0.25) is 0 Å². The van der Waals surface area contributed by atoms with Crippen molar-refractivity contribution in [3.63, 3.8) is 0 Å². The summed E-state index contributed by atoms with van der Waals surface area (Å²) in [4.78, 5) is 0.340. The Morgan fingerprint density at radius 3 is 1.93 bits per heavy atom. The molecule has 0 spiro atoms. The van der Waals surface area contributed by atoms with Crippen molar-refractivity contribution >= 4 is 10.1 Å². The van der Waals surface area contributed by atoms with Crippen molar-refractivity contribution in [1.29, 1.82) is 0 Å². The van der Waals surface area contributed by atoms with E-state index in [1.165, 1.54) is 51.4 Å². The molecule has 0 bridgehead atoms. The predicted molar refractivity (Wildman–Crippen MR) is 118 cm³/mol. The molecule has 0 atom stereocenters. The maximum absolute atomic E-state index is 12.6. The number of hydrogen-bond donors (Lipinski definition) is 0. The zero-order valence-corrected chi connectivity index (χ0v) is 19.4. The maximum atomic E-state index is 12.6. The van der Waals surface area contributed by atoms with Gasteiger partial charge < -0.3 is 4.48 Å². The number of aryl methyl sites for hydroxylation is 1. The standard InChI is InChI=1S/C23H42NO3S/c1-5-6-7-8-9-10-11-12-13-14-17-22-18-15-16-19-23(22)28(25,26)27-21-20-24(2,3)4/h15-16,18-19H,5-14,17,20-21H2,1-4H3/q+1. The number of rotatable bonds is 16. The van der Waals surface area contributed by atoms with Crippen LogP contribution < -0.4 is 0 Å². The smallest absolute Gasteiger partial charge is 0.297 e. The molecule has 0 radical (unpaired) electrons. The van der Waals surface area contributed by atoms with Crippen molar-refractivity contribution < 1.29 is 17.1 Å². The Morgan fingerprint density at radius 2 is 1.36 bits per heavy atom. The molecule has 1 rings (SSSR count). The summed E-state index contributed by atoms with van der Waals surface area (Å²) in [7, 11) is 2.38. The Kier molecular flexibility index (Phi) is 12.0. The first-order chi connectivity index (χ1) is 13.3. The number of nitrogens with zero attached hydrogens (tertiary/aromatic N) is 1. The van der Waals surface area contributed by atoms with Crippen molar-refractivity contribution in [3.8, 4) is 0 Å². The monoisotopic (exact) mass is 412 g/mol. The van der Waals surface area contributed by atoms with Crippen molar-refractivity contribution in [2.24, 2.45) is 0 Å². The van der Waals surface area contributed by atoms with E-state index in [2.05, 4.69) is 6.92 Å². The summed E-state index contributed by atoms with van der Waals surface area (Å²) < 4.78 is 31.1. The van der Waals surface area contributed by atoms with Gasteiger partial charge in [0.2, 0.25) is 0 Å². The van der Waals surface area contributed by atoms with Crippen LogP contribution >= 0.6 is 0 Å². The highest BCUT2D eigenvalue weighted by atomic mass is 32.2. The summed E-state index contributed by atoms with van der Waals surface area (Å²) in [6.07, 6.45) is 13.6. The molecule has 162 valence electrons. The summed E-state index contributed by atoms with van der Waals surface area (Å²) >= 11 is 0. The van der Waals surface area contributed by atoms with Crippen LogP contribution in [0.25, 0.3) is 0 Å². The largest absolute Gasteiger partial charge is 0.329 e. The van der Waals surface area contributed by atoms with Crippen LogP contribution in [0.3, 0.4) is 0 Å². The second-order valence-electron chi connectivity index (χ2n) is 8.83. The average molecular weight is 413 g/mol.